The molecule has 0 fully saturated rings. The third-order valence-corrected chi connectivity index (χ3v) is 3.22. The molecule has 88 valence electrons. The van der Waals surface area contributed by atoms with E-state index < -0.39 is 0 Å². The topological polar surface area (TPSA) is 37.8 Å². The Bertz CT molecular complexity index is 473. The first-order valence-corrected chi connectivity index (χ1v) is 6.59. The molecule has 1 aromatic heterocycles. The molecule has 1 unspecified atom stereocenters. The summed E-state index contributed by atoms with van der Waals surface area (Å²) in [5.41, 5.74) is 1.33. The lowest BCUT2D eigenvalue weighted by Crippen LogP contribution is -2.19. The predicted octanol–water partition coefficient (Wildman–Crippen LogP) is 3.12. The molecule has 0 radical (unpaired) electrons. The molecule has 0 aliphatic rings. The van der Waals surface area contributed by atoms with Gasteiger partial charge in [0.25, 0.3) is 0 Å². The quantitative estimate of drug-likeness (QED) is 0.870. The van der Waals surface area contributed by atoms with Gasteiger partial charge in [-0.05, 0) is 41.5 Å². The lowest BCUT2D eigenvalue weighted by Gasteiger charge is -2.15. The number of nitrogens with one attached hydrogen (secondary N) is 1. The third kappa shape index (κ3) is 3.66. The van der Waals surface area contributed by atoms with Gasteiger partial charge in [0.15, 0.2) is 0 Å². The van der Waals surface area contributed by atoms with Crippen LogP contribution in [-0.2, 0) is 6.42 Å². The van der Waals surface area contributed by atoms with E-state index in [4.69, 9.17) is 0 Å². The maximum Gasteiger partial charge on any atom is 0.143 e. The van der Waals surface area contributed by atoms with Gasteiger partial charge in [-0.25, -0.2) is 9.97 Å². The Morgan fingerprint density at radius 1 is 1.29 bits per heavy atom. The fraction of sp³-hybridized carbons (Fsp3) is 0.231. The number of nitrogens with zero attached hydrogens (tertiary/aromatic N) is 2. The number of halogens is 1. The lowest BCUT2D eigenvalue weighted by molar-refractivity contribution is 0.782. The second kappa shape index (κ2) is 5.95. The van der Waals surface area contributed by atoms with E-state index in [1.807, 2.05) is 12.3 Å². The smallest absolute Gasteiger partial charge is 0.143 e. The van der Waals surface area contributed by atoms with Gasteiger partial charge in [-0.2, -0.15) is 0 Å². The van der Waals surface area contributed by atoms with Crippen LogP contribution in [0.25, 0.3) is 0 Å². The van der Waals surface area contributed by atoms with Gasteiger partial charge in [0.2, 0.25) is 0 Å². The summed E-state index contributed by atoms with van der Waals surface area (Å²) in [4.78, 5) is 8.21. The van der Waals surface area contributed by atoms with Crippen LogP contribution < -0.4 is 5.32 Å². The SMILES string of the molecule is CC(Cc1ccccc1)Nc1ncncc1I. The molecule has 0 aliphatic carbocycles. The van der Waals surface area contributed by atoms with Crippen molar-refractivity contribution in [1.82, 2.24) is 9.97 Å². The minimum atomic E-state index is 0.348. The molecule has 17 heavy (non-hydrogen) atoms. The Morgan fingerprint density at radius 2 is 2.06 bits per heavy atom. The molecule has 0 saturated heterocycles. The fourth-order valence-electron chi connectivity index (χ4n) is 1.67. The van der Waals surface area contributed by atoms with Gasteiger partial charge in [0, 0.05) is 12.2 Å². The molecule has 0 spiro atoms. The summed E-state index contributed by atoms with van der Waals surface area (Å²) >= 11 is 2.24. The molecule has 0 amide bonds. The van der Waals surface area contributed by atoms with E-state index >= 15 is 0 Å². The molecule has 2 aromatic rings. The summed E-state index contributed by atoms with van der Waals surface area (Å²) in [5, 5.41) is 3.40. The van der Waals surface area contributed by atoms with Crippen molar-refractivity contribution in [1.29, 1.82) is 0 Å². The second-order valence-corrected chi connectivity index (χ2v) is 5.12. The maximum atomic E-state index is 4.23. The zero-order valence-electron chi connectivity index (χ0n) is 9.60. The highest BCUT2D eigenvalue weighted by Gasteiger charge is 2.06. The zero-order valence-corrected chi connectivity index (χ0v) is 11.8. The minimum absolute atomic E-state index is 0.348. The Hall–Kier alpha value is -1.17. The van der Waals surface area contributed by atoms with Gasteiger partial charge in [-0.3, -0.25) is 0 Å². The number of aromatic nitrogens is 2. The third-order valence-electron chi connectivity index (χ3n) is 2.44. The molecule has 4 heteroatoms. The van der Waals surface area contributed by atoms with E-state index in [0.717, 1.165) is 15.8 Å². The molecule has 1 aromatic carbocycles. The zero-order chi connectivity index (χ0) is 12.1. The van der Waals surface area contributed by atoms with Crippen LogP contribution in [0.15, 0.2) is 42.9 Å². The van der Waals surface area contributed by atoms with Gasteiger partial charge >= 0.3 is 0 Å². The lowest BCUT2D eigenvalue weighted by atomic mass is 10.1. The first-order valence-electron chi connectivity index (χ1n) is 5.51. The number of rotatable bonds is 4. The van der Waals surface area contributed by atoms with Crippen LogP contribution in [0, 0.1) is 3.57 Å². The molecular weight excluding hydrogens is 325 g/mol. The second-order valence-electron chi connectivity index (χ2n) is 3.95. The first kappa shape index (κ1) is 12.3. The van der Waals surface area contributed by atoms with E-state index in [-0.39, 0.29) is 0 Å². The number of hydrogen-bond acceptors (Lipinski definition) is 3. The number of anilines is 1. The van der Waals surface area contributed by atoms with E-state index in [1.54, 1.807) is 6.33 Å². The Balaban J connectivity index is 1.98. The first-order chi connectivity index (χ1) is 8.25. The summed E-state index contributed by atoms with van der Waals surface area (Å²) in [7, 11) is 0. The summed E-state index contributed by atoms with van der Waals surface area (Å²) in [5.74, 6) is 0.907. The fourth-order valence-corrected chi connectivity index (χ4v) is 2.13. The van der Waals surface area contributed by atoms with Crippen LogP contribution in [0.4, 0.5) is 5.82 Å². The molecular formula is C13H14IN3. The van der Waals surface area contributed by atoms with Crippen molar-refractivity contribution < 1.29 is 0 Å². The van der Waals surface area contributed by atoms with Gasteiger partial charge in [0.1, 0.15) is 12.1 Å². The number of benzene rings is 1. The van der Waals surface area contributed by atoms with Crippen molar-refractivity contribution >= 4 is 28.4 Å². The largest absolute Gasteiger partial charge is 0.366 e. The molecule has 0 aliphatic heterocycles. The van der Waals surface area contributed by atoms with E-state index in [1.165, 1.54) is 5.56 Å². The highest BCUT2D eigenvalue weighted by Crippen LogP contribution is 2.14. The minimum Gasteiger partial charge on any atom is -0.366 e. The average Bonchev–Trinajstić information content (AvgIpc) is 2.33. The van der Waals surface area contributed by atoms with Crippen LogP contribution >= 0.6 is 22.6 Å². The Labute approximate surface area is 115 Å². The summed E-state index contributed by atoms with van der Waals surface area (Å²) < 4.78 is 1.05. The van der Waals surface area contributed by atoms with Crippen LogP contribution in [-0.4, -0.2) is 16.0 Å². The molecule has 0 saturated carbocycles. The van der Waals surface area contributed by atoms with Crippen LogP contribution in [0.3, 0.4) is 0 Å². The van der Waals surface area contributed by atoms with E-state index in [0.29, 0.717) is 6.04 Å². The molecule has 2 rings (SSSR count). The molecule has 1 heterocycles. The number of hydrogen-bond donors (Lipinski definition) is 1. The predicted molar refractivity (Wildman–Crippen MR) is 78.0 cm³/mol. The maximum absolute atomic E-state index is 4.23. The monoisotopic (exact) mass is 339 g/mol. The van der Waals surface area contributed by atoms with Crippen molar-refractivity contribution in [3.63, 3.8) is 0 Å². The Morgan fingerprint density at radius 3 is 2.76 bits per heavy atom. The highest BCUT2D eigenvalue weighted by atomic mass is 127. The summed E-state index contributed by atoms with van der Waals surface area (Å²) in [6.07, 6.45) is 4.37. The van der Waals surface area contributed by atoms with Crippen molar-refractivity contribution in [2.24, 2.45) is 0 Å². The standard InChI is InChI=1S/C13H14IN3/c1-10(7-11-5-3-2-4-6-11)17-13-12(14)8-15-9-16-13/h2-6,8-10H,7H2,1H3,(H,15,16,17). The van der Waals surface area contributed by atoms with Crippen LogP contribution in [0.2, 0.25) is 0 Å². The summed E-state index contributed by atoms with van der Waals surface area (Å²) in [6.45, 7) is 2.16. The van der Waals surface area contributed by atoms with Gasteiger partial charge < -0.3 is 5.32 Å². The molecule has 3 nitrogen and oxygen atoms in total. The molecule has 1 N–H and O–H groups in total. The van der Waals surface area contributed by atoms with Crippen molar-refractivity contribution in [3.05, 3.63) is 52.0 Å². The average molecular weight is 339 g/mol. The van der Waals surface area contributed by atoms with Crippen molar-refractivity contribution in [3.8, 4) is 0 Å². The highest BCUT2D eigenvalue weighted by molar-refractivity contribution is 14.1. The molecule has 0 bridgehead atoms. The van der Waals surface area contributed by atoms with Gasteiger partial charge in [-0.1, -0.05) is 30.3 Å². The van der Waals surface area contributed by atoms with E-state index in [9.17, 15) is 0 Å². The van der Waals surface area contributed by atoms with Gasteiger partial charge in [-0.15, -0.1) is 0 Å². The van der Waals surface area contributed by atoms with Crippen LogP contribution in [0.1, 0.15) is 12.5 Å². The molecule has 1 atom stereocenters. The normalized spacial score (nSPS) is 12.1. The van der Waals surface area contributed by atoms with Crippen molar-refractivity contribution in [2.45, 2.75) is 19.4 Å². The van der Waals surface area contributed by atoms with Crippen molar-refractivity contribution in [2.75, 3.05) is 5.32 Å². The Kier molecular flexibility index (Phi) is 4.30. The van der Waals surface area contributed by atoms with E-state index in [2.05, 4.69) is 69.1 Å². The van der Waals surface area contributed by atoms with Gasteiger partial charge in [0.05, 0.1) is 3.57 Å². The van der Waals surface area contributed by atoms with Crippen LogP contribution in [0.5, 0.6) is 0 Å². The summed E-state index contributed by atoms with van der Waals surface area (Å²) in [6, 6.07) is 10.8.